The molecule has 5 nitrogen and oxygen atoms in total. The maximum Gasteiger partial charge on any atom is 0.405 e. The van der Waals surface area contributed by atoms with Gasteiger partial charge in [-0.1, -0.05) is 36.4 Å². The number of carbonyl (C=O) groups excluding carboxylic acids is 1. The zero-order valence-corrected chi connectivity index (χ0v) is 18.0. The Kier molecular flexibility index (Phi) is 5.43. The van der Waals surface area contributed by atoms with Gasteiger partial charge in [-0.15, -0.1) is 0 Å². The second kappa shape index (κ2) is 8.44. The third-order valence-corrected chi connectivity index (χ3v) is 5.87. The molecule has 1 aliphatic carbocycles. The first kappa shape index (κ1) is 21.9. The van der Waals surface area contributed by atoms with Crippen LogP contribution in [0.2, 0.25) is 0 Å². The van der Waals surface area contributed by atoms with Crippen LogP contribution in [0, 0.1) is 0 Å². The maximum atomic E-state index is 12.9. The zero-order chi connectivity index (χ0) is 23.9. The minimum atomic E-state index is -4.59. The highest BCUT2D eigenvalue weighted by Crippen LogP contribution is 2.40. The van der Waals surface area contributed by atoms with Gasteiger partial charge in [0.2, 0.25) is 5.43 Å². The number of hydrogen-bond acceptors (Lipinski definition) is 3. The van der Waals surface area contributed by atoms with Crippen molar-refractivity contribution < 1.29 is 18.0 Å². The van der Waals surface area contributed by atoms with E-state index in [0.717, 1.165) is 11.1 Å². The van der Waals surface area contributed by atoms with Gasteiger partial charge in [-0.3, -0.25) is 9.59 Å². The van der Waals surface area contributed by atoms with Crippen LogP contribution >= 0.6 is 0 Å². The molecule has 0 bridgehead atoms. The maximum absolute atomic E-state index is 12.9. The summed E-state index contributed by atoms with van der Waals surface area (Å²) < 4.78 is 39.4. The molecule has 0 aliphatic heterocycles. The standard InChI is InChI=1S/C26H20F3N3O2/c27-26(28,29)15-31-25(34)22-14-32(24-21(23(22)33)5-2-12-30-24)20-4-1-3-19(13-20)18-10-8-17(9-11-18)16-6-7-16/h1-5,8-14,16H,6-7,15H2,(H,31,34). The molecule has 0 spiro atoms. The molecule has 5 rings (SSSR count). The van der Waals surface area contributed by atoms with Gasteiger partial charge in [0.15, 0.2) is 0 Å². The highest BCUT2D eigenvalue weighted by Gasteiger charge is 2.29. The molecule has 8 heteroatoms. The third-order valence-electron chi connectivity index (χ3n) is 5.87. The van der Waals surface area contributed by atoms with Crippen LogP contribution in [0.5, 0.6) is 0 Å². The minimum Gasteiger partial charge on any atom is -0.343 e. The van der Waals surface area contributed by atoms with Gasteiger partial charge in [0.05, 0.1) is 5.39 Å². The lowest BCUT2D eigenvalue weighted by Crippen LogP contribution is -2.36. The summed E-state index contributed by atoms with van der Waals surface area (Å²) in [5, 5.41) is 1.92. The van der Waals surface area contributed by atoms with Crippen LogP contribution in [-0.2, 0) is 0 Å². The first-order chi connectivity index (χ1) is 16.3. The fourth-order valence-corrected chi connectivity index (χ4v) is 3.99. The Morgan fingerprint density at radius 1 is 1.03 bits per heavy atom. The van der Waals surface area contributed by atoms with Crippen molar-refractivity contribution in [2.45, 2.75) is 24.9 Å². The molecule has 0 radical (unpaired) electrons. The number of benzene rings is 2. The van der Waals surface area contributed by atoms with Crippen LogP contribution in [0.1, 0.15) is 34.7 Å². The summed E-state index contributed by atoms with van der Waals surface area (Å²) in [6.45, 7) is -1.53. The highest BCUT2D eigenvalue weighted by atomic mass is 19.4. The largest absolute Gasteiger partial charge is 0.405 e. The molecule has 1 N–H and O–H groups in total. The van der Waals surface area contributed by atoms with E-state index in [-0.39, 0.29) is 10.9 Å². The van der Waals surface area contributed by atoms with E-state index in [1.807, 2.05) is 18.2 Å². The van der Waals surface area contributed by atoms with Gasteiger partial charge in [0, 0.05) is 18.1 Å². The molecule has 1 saturated carbocycles. The molecule has 2 aromatic carbocycles. The summed E-state index contributed by atoms with van der Waals surface area (Å²) in [4.78, 5) is 29.6. The SMILES string of the molecule is O=C(NCC(F)(F)F)c1cn(-c2cccc(-c3ccc(C4CC4)cc3)c2)c2ncccc2c1=O. The van der Waals surface area contributed by atoms with Gasteiger partial charge in [-0.05, 0) is 59.7 Å². The molecule has 1 aliphatic rings. The third kappa shape index (κ3) is 4.44. The molecule has 172 valence electrons. The van der Waals surface area contributed by atoms with E-state index in [4.69, 9.17) is 0 Å². The van der Waals surface area contributed by atoms with E-state index >= 15 is 0 Å². The van der Waals surface area contributed by atoms with Crippen LogP contribution < -0.4 is 10.7 Å². The van der Waals surface area contributed by atoms with E-state index in [1.165, 1.54) is 36.9 Å². The quantitative estimate of drug-likeness (QED) is 0.441. The fourth-order valence-electron chi connectivity index (χ4n) is 3.99. The Balaban J connectivity index is 1.58. The van der Waals surface area contributed by atoms with Gasteiger partial charge in [0.1, 0.15) is 17.8 Å². The van der Waals surface area contributed by atoms with Crippen molar-refractivity contribution >= 4 is 16.9 Å². The van der Waals surface area contributed by atoms with Gasteiger partial charge in [-0.25, -0.2) is 4.98 Å². The number of nitrogens with one attached hydrogen (secondary N) is 1. The van der Waals surface area contributed by atoms with E-state index < -0.39 is 24.1 Å². The van der Waals surface area contributed by atoms with Crippen LogP contribution in [0.25, 0.3) is 27.8 Å². The summed E-state index contributed by atoms with van der Waals surface area (Å²) >= 11 is 0. The van der Waals surface area contributed by atoms with E-state index in [0.29, 0.717) is 17.3 Å². The number of carbonyl (C=O) groups is 1. The molecule has 0 atom stereocenters. The van der Waals surface area contributed by atoms with Gasteiger partial charge >= 0.3 is 6.18 Å². The Morgan fingerprint density at radius 3 is 2.50 bits per heavy atom. The first-order valence-corrected chi connectivity index (χ1v) is 10.9. The highest BCUT2D eigenvalue weighted by molar-refractivity contribution is 5.97. The smallest absolute Gasteiger partial charge is 0.343 e. The predicted octanol–water partition coefficient (Wildman–Crippen LogP) is 5.22. The second-order valence-corrected chi connectivity index (χ2v) is 8.36. The van der Waals surface area contributed by atoms with Crippen molar-refractivity contribution in [3.8, 4) is 16.8 Å². The van der Waals surface area contributed by atoms with Crippen molar-refractivity contribution in [1.29, 1.82) is 0 Å². The van der Waals surface area contributed by atoms with E-state index in [9.17, 15) is 22.8 Å². The van der Waals surface area contributed by atoms with Crippen LogP contribution in [0.3, 0.4) is 0 Å². The van der Waals surface area contributed by atoms with Gasteiger partial charge < -0.3 is 9.88 Å². The van der Waals surface area contributed by atoms with Gasteiger partial charge in [0.25, 0.3) is 5.91 Å². The summed E-state index contributed by atoms with van der Waals surface area (Å²) in [6, 6.07) is 18.9. The monoisotopic (exact) mass is 463 g/mol. The topological polar surface area (TPSA) is 64.0 Å². The lowest BCUT2D eigenvalue weighted by molar-refractivity contribution is -0.123. The minimum absolute atomic E-state index is 0.140. The average molecular weight is 463 g/mol. The van der Waals surface area contributed by atoms with E-state index in [1.54, 1.807) is 22.0 Å². The Hall–Kier alpha value is -3.94. The van der Waals surface area contributed by atoms with Crippen molar-refractivity contribution in [2.75, 3.05) is 6.54 Å². The Morgan fingerprint density at radius 2 is 1.79 bits per heavy atom. The normalized spacial score (nSPS) is 13.7. The summed E-state index contributed by atoms with van der Waals surface area (Å²) in [6.07, 6.45) is 0.623. The zero-order valence-electron chi connectivity index (χ0n) is 18.0. The number of alkyl halides is 3. The van der Waals surface area contributed by atoms with Crippen LogP contribution in [-0.4, -0.2) is 28.2 Å². The average Bonchev–Trinajstić information content (AvgIpc) is 3.68. The number of nitrogens with zero attached hydrogens (tertiary/aromatic N) is 2. The van der Waals surface area contributed by atoms with Gasteiger partial charge in [-0.2, -0.15) is 13.2 Å². The predicted molar refractivity (Wildman–Crippen MR) is 123 cm³/mol. The molecular formula is C26H20F3N3O2. The summed E-state index contributed by atoms with van der Waals surface area (Å²) in [5.74, 6) is -0.436. The molecule has 34 heavy (non-hydrogen) atoms. The molecule has 2 aromatic heterocycles. The molecule has 0 unspecified atom stereocenters. The summed E-state index contributed by atoms with van der Waals surface area (Å²) in [5.41, 5.74) is 3.12. The van der Waals surface area contributed by atoms with Crippen molar-refractivity contribution in [1.82, 2.24) is 14.9 Å². The number of hydrogen-bond donors (Lipinski definition) is 1. The van der Waals surface area contributed by atoms with Crippen LogP contribution in [0.15, 0.2) is 77.9 Å². The van der Waals surface area contributed by atoms with E-state index in [2.05, 4.69) is 29.2 Å². The van der Waals surface area contributed by atoms with Crippen molar-refractivity contribution in [3.63, 3.8) is 0 Å². The molecule has 0 saturated heterocycles. The number of rotatable bonds is 5. The number of pyridine rings is 2. The molecule has 4 aromatic rings. The number of amides is 1. The molecular weight excluding hydrogens is 443 g/mol. The van der Waals surface area contributed by atoms with Crippen molar-refractivity contribution in [3.05, 3.63) is 94.4 Å². The molecule has 1 amide bonds. The number of fused-ring (bicyclic) bond motifs is 1. The van der Waals surface area contributed by atoms with Crippen molar-refractivity contribution in [2.24, 2.45) is 0 Å². The second-order valence-electron chi connectivity index (χ2n) is 8.36. The fraction of sp³-hybridized carbons (Fsp3) is 0.192. The Labute approximate surface area is 192 Å². The molecule has 2 heterocycles. The lowest BCUT2D eigenvalue weighted by atomic mass is 10.0. The number of aromatic nitrogens is 2. The van der Waals surface area contributed by atoms with Crippen LogP contribution in [0.4, 0.5) is 13.2 Å². The Bertz CT molecular complexity index is 1440. The number of halogens is 3. The lowest BCUT2D eigenvalue weighted by Gasteiger charge is -2.14. The first-order valence-electron chi connectivity index (χ1n) is 10.9. The molecule has 1 fully saturated rings. The summed E-state index contributed by atoms with van der Waals surface area (Å²) in [7, 11) is 0.